The maximum atomic E-state index is 13.3. The summed E-state index contributed by atoms with van der Waals surface area (Å²) in [5, 5.41) is 19.9. The Morgan fingerprint density at radius 2 is 1.08 bits per heavy atom. The van der Waals surface area contributed by atoms with E-state index in [2.05, 4.69) is 16.0 Å². The average molecular weight is 1250 g/mol. The number of Topliss-reactive ketones (excluding diaryl/α,β-unsaturated/α-hetero) is 2. The molecule has 6 aromatic carbocycles. The van der Waals surface area contributed by atoms with Crippen LogP contribution in [0.3, 0.4) is 0 Å². The van der Waals surface area contributed by atoms with Gasteiger partial charge in [-0.05, 0) is 152 Å². The molecule has 0 bridgehead atoms. The van der Waals surface area contributed by atoms with Crippen molar-refractivity contribution in [2.75, 3.05) is 25.6 Å². The van der Waals surface area contributed by atoms with Gasteiger partial charge >= 0.3 is 5.97 Å². The Hall–Kier alpha value is -7.36. The fraction of sp³-hybridized carbons (Fsp3) is 0.233. The molecule has 2 aromatic heterocycles. The molecule has 0 aliphatic carbocycles. The topological polar surface area (TPSA) is 257 Å². The third-order valence-corrected chi connectivity index (χ3v) is 17.6. The molecule has 3 amide bonds. The number of benzene rings is 6. The van der Waals surface area contributed by atoms with E-state index in [-0.39, 0.29) is 78.4 Å². The summed E-state index contributed by atoms with van der Waals surface area (Å²) in [6.07, 6.45) is 6.66. The van der Waals surface area contributed by atoms with Crippen LogP contribution >= 0.6 is 46.4 Å². The van der Waals surface area contributed by atoms with Crippen LogP contribution in [0.5, 0.6) is 0 Å². The minimum atomic E-state index is -3.44. The number of carboxylic acid groups (broad SMARTS) is 1. The second-order valence-corrected chi connectivity index (χ2v) is 25.5. The van der Waals surface area contributed by atoms with Gasteiger partial charge in [-0.2, -0.15) is 0 Å². The molecule has 4 N–H and O–H groups in total. The van der Waals surface area contributed by atoms with Gasteiger partial charge in [0.2, 0.25) is 0 Å². The molecule has 2 aliphatic rings. The maximum Gasteiger partial charge on any atom is 0.335 e. The van der Waals surface area contributed by atoms with Crippen LogP contribution in [-0.2, 0) is 68.0 Å². The molecule has 2 aliphatic heterocycles. The summed E-state index contributed by atoms with van der Waals surface area (Å²) in [7, 11) is -6.81. The molecule has 83 heavy (non-hydrogen) atoms. The van der Waals surface area contributed by atoms with E-state index >= 15 is 0 Å². The molecule has 17 nitrogen and oxygen atoms in total. The van der Waals surface area contributed by atoms with Crippen molar-refractivity contribution in [2.24, 2.45) is 0 Å². The van der Waals surface area contributed by atoms with Crippen LogP contribution in [0.15, 0.2) is 140 Å². The van der Waals surface area contributed by atoms with Crippen molar-refractivity contribution in [3.63, 3.8) is 0 Å². The van der Waals surface area contributed by atoms with Crippen molar-refractivity contribution in [3.05, 3.63) is 197 Å². The minimum Gasteiger partial charge on any atom is -0.478 e. The SMILES string of the molecule is CC(=O)[C@H](Cc1cccc(S(C)(=O)=O)c1)NC(=O)c1c(Cl)cc2c(c1Cl)CCN(C(=O)c1ccc3ccoc3c1)C2.CC(=O)[C@H](Cc1cccc(S(C)(=O)=O)c1)NC(=O)c1c(Cl)cc2c(c1Cl)CCNC2.O=C(O)c1ccc2ccoc2c1. The Balaban J connectivity index is 0.000000186. The van der Waals surface area contributed by atoms with Crippen molar-refractivity contribution in [3.8, 4) is 0 Å². The first kappa shape index (κ1) is 61.7. The molecule has 2 atom stereocenters. The van der Waals surface area contributed by atoms with E-state index < -0.39 is 49.5 Å². The molecular weight excluding hydrogens is 1190 g/mol. The highest BCUT2D eigenvalue weighted by atomic mass is 35.5. The number of sulfone groups is 2. The second kappa shape index (κ2) is 26.1. The maximum absolute atomic E-state index is 13.3. The highest BCUT2D eigenvalue weighted by Gasteiger charge is 2.31. The van der Waals surface area contributed by atoms with Crippen molar-refractivity contribution < 1.29 is 59.5 Å². The Bertz CT molecular complexity index is 4120. The van der Waals surface area contributed by atoms with Crippen LogP contribution in [-0.4, -0.2) is 99.8 Å². The lowest BCUT2D eigenvalue weighted by Crippen LogP contribution is -2.42. The Morgan fingerprint density at radius 1 is 0.614 bits per heavy atom. The van der Waals surface area contributed by atoms with Crippen LogP contribution in [0.4, 0.5) is 0 Å². The number of rotatable bonds is 14. The number of hydrogen-bond donors (Lipinski definition) is 4. The van der Waals surface area contributed by atoms with Gasteiger partial charge in [-0.1, -0.05) is 82.8 Å². The number of ketones is 2. The summed E-state index contributed by atoms with van der Waals surface area (Å²) in [5.41, 5.74) is 6.65. The van der Waals surface area contributed by atoms with Crippen molar-refractivity contribution >= 4 is 123 Å². The van der Waals surface area contributed by atoms with Crippen LogP contribution in [0.25, 0.3) is 21.9 Å². The molecule has 0 fully saturated rings. The van der Waals surface area contributed by atoms with Gasteiger partial charge in [0.05, 0.1) is 71.2 Å². The van der Waals surface area contributed by atoms with Crippen molar-refractivity contribution in [1.82, 2.24) is 20.9 Å². The smallest absolute Gasteiger partial charge is 0.335 e. The van der Waals surface area contributed by atoms with Crippen LogP contribution in [0, 0.1) is 0 Å². The number of carbonyl (C=O) groups excluding carboxylic acids is 5. The number of fused-ring (bicyclic) bond motifs is 4. The fourth-order valence-corrected chi connectivity index (χ4v) is 12.4. The number of carboxylic acids is 1. The van der Waals surface area contributed by atoms with Gasteiger partial charge in [0.1, 0.15) is 11.2 Å². The Morgan fingerprint density at radius 3 is 1.57 bits per heavy atom. The van der Waals surface area contributed by atoms with Crippen LogP contribution in [0.2, 0.25) is 20.1 Å². The lowest BCUT2D eigenvalue weighted by Gasteiger charge is -2.30. The van der Waals surface area contributed by atoms with Gasteiger partial charge < -0.3 is 34.8 Å². The highest BCUT2D eigenvalue weighted by Crippen LogP contribution is 2.36. The molecule has 0 spiro atoms. The predicted molar refractivity (Wildman–Crippen MR) is 317 cm³/mol. The first-order chi connectivity index (χ1) is 39.3. The Labute approximate surface area is 498 Å². The van der Waals surface area contributed by atoms with E-state index in [0.717, 1.165) is 46.5 Å². The zero-order valence-corrected chi connectivity index (χ0v) is 49.6. The normalized spacial score (nSPS) is 13.7. The number of amides is 3. The van der Waals surface area contributed by atoms with Crippen LogP contribution < -0.4 is 16.0 Å². The number of furan rings is 2. The largest absolute Gasteiger partial charge is 0.478 e. The molecule has 10 rings (SSSR count). The molecule has 23 heteroatoms. The molecule has 0 radical (unpaired) electrons. The second-order valence-electron chi connectivity index (χ2n) is 19.9. The zero-order valence-electron chi connectivity index (χ0n) is 45.0. The lowest BCUT2D eigenvalue weighted by atomic mass is 9.95. The summed E-state index contributed by atoms with van der Waals surface area (Å²) in [6, 6.07) is 27.8. The number of halogens is 4. The first-order valence-electron chi connectivity index (χ1n) is 25.6. The van der Waals surface area contributed by atoms with Gasteiger partial charge in [-0.25, -0.2) is 21.6 Å². The lowest BCUT2D eigenvalue weighted by molar-refractivity contribution is -0.119. The van der Waals surface area contributed by atoms with Gasteiger partial charge in [0, 0.05) is 48.5 Å². The van der Waals surface area contributed by atoms with Gasteiger partial charge in [-0.3, -0.25) is 24.0 Å². The summed E-state index contributed by atoms with van der Waals surface area (Å²) in [4.78, 5) is 76.6. The molecular formula is C60H54Cl4N4O13S2. The van der Waals surface area contributed by atoms with E-state index in [0.29, 0.717) is 64.4 Å². The quantitative estimate of drug-likeness (QED) is 0.0790. The summed E-state index contributed by atoms with van der Waals surface area (Å²) >= 11 is 26.1. The summed E-state index contributed by atoms with van der Waals surface area (Å²) in [5.74, 6) is -2.82. The standard InChI is InChI=1S/C30H26Cl2N2O6S.C21H22Cl2N2O4S.C9H6O3/c1-17(35)25(13-18-4-3-5-22(12-18)41(2,38)39)33-29(36)27-24(31)14-21-16-34(10-8-23(21)28(27)32)30(37)20-7-6-19-9-11-40-26(19)15-20;1-12(26)18(9-13-4-3-5-15(8-13)30(2,28)29)25-21(27)19-17(22)10-14-11-24-7-6-16(14)20(19)23;10-9(11)7-2-1-6-3-4-12-8(6)5-7/h3-7,9,11-12,14-15,25H,8,10,13,16H2,1-2H3,(H,33,36);3-5,8,10,18,24H,6-7,9,11H2,1-2H3,(H,25,27);1-5H,(H,10,11)/t25-;18-;/m00./s1. The number of carbonyl (C=O) groups is 6. The number of hydrogen-bond acceptors (Lipinski definition) is 13. The van der Waals surface area contributed by atoms with Crippen molar-refractivity contribution in [2.45, 2.75) is 74.5 Å². The monoisotopic (exact) mass is 1240 g/mol. The predicted octanol–water partition coefficient (Wildman–Crippen LogP) is 10.4. The fourth-order valence-electron chi connectivity index (χ4n) is 9.50. The zero-order chi connectivity index (χ0) is 60.1. The third-order valence-electron chi connectivity index (χ3n) is 14.0. The first-order valence-corrected chi connectivity index (χ1v) is 30.9. The Kier molecular flexibility index (Phi) is 19.4. The van der Waals surface area contributed by atoms with E-state index in [1.165, 1.54) is 50.4 Å². The average Bonchev–Trinajstić information content (AvgIpc) is 4.21. The molecule has 432 valence electrons. The van der Waals surface area contributed by atoms with Gasteiger partial charge in [0.15, 0.2) is 31.2 Å². The summed E-state index contributed by atoms with van der Waals surface area (Å²) in [6.45, 7) is 4.74. The van der Waals surface area contributed by atoms with Gasteiger partial charge in [0.25, 0.3) is 17.7 Å². The van der Waals surface area contributed by atoms with E-state index in [4.69, 9.17) is 60.3 Å². The minimum absolute atomic E-state index is 0.0475. The molecule has 8 aromatic rings. The third kappa shape index (κ3) is 14.9. The molecule has 0 unspecified atom stereocenters. The van der Waals surface area contributed by atoms with E-state index in [9.17, 15) is 45.6 Å². The molecule has 0 saturated heterocycles. The summed E-state index contributed by atoms with van der Waals surface area (Å²) < 4.78 is 57.9. The van der Waals surface area contributed by atoms with Crippen molar-refractivity contribution in [1.29, 1.82) is 0 Å². The number of nitrogens with zero attached hydrogens (tertiary/aromatic N) is 1. The van der Waals surface area contributed by atoms with E-state index in [1.54, 1.807) is 77.9 Å². The molecule has 0 saturated carbocycles. The van der Waals surface area contributed by atoms with E-state index in [1.807, 2.05) is 12.1 Å². The molecule has 4 heterocycles. The number of aromatic carboxylic acids is 1. The highest BCUT2D eigenvalue weighted by molar-refractivity contribution is 7.91. The van der Waals surface area contributed by atoms with Crippen LogP contribution in [0.1, 0.15) is 88.7 Å². The van der Waals surface area contributed by atoms with Gasteiger partial charge in [-0.15, -0.1) is 0 Å². The number of nitrogens with one attached hydrogen (secondary N) is 3.